The van der Waals surface area contributed by atoms with Crippen molar-refractivity contribution in [2.75, 3.05) is 0 Å². The number of sulfone groups is 1. The molecule has 0 bridgehead atoms. The lowest BCUT2D eigenvalue weighted by Gasteiger charge is -1.85. The monoisotopic (exact) mass is 190 g/mol. The Balaban J connectivity index is 3.23. The van der Waals surface area contributed by atoms with Crippen LogP contribution in [0.3, 0.4) is 0 Å². The highest BCUT2D eigenvalue weighted by Gasteiger charge is 2.14. The van der Waals surface area contributed by atoms with Crippen molar-refractivity contribution in [1.29, 1.82) is 0 Å². The molecule has 0 aliphatic carbocycles. The molecular formula is C5H6N2O2S2. The molecule has 60 valence electrons. The lowest BCUT2D eigenvalue weighted by atomic mass is 10.9. The molecule has 4 nitrogen and oxygen atoms in total. The Kier molecular flexibility index (Phi) is 2.05. The van der Waals surface area contributed by atoms with Crippen molar-refractivity contribution in [2.45, 2.75) is 11.3 Å². The van der Waals surface area contributed by atoms with Gasteiger partial charge < -0.3 is 0 Å². The normalized spacial score (nSPS) is 11.4. The Labute approximate surface area is 68.5 Å². The minimum atomic E-state index is -3.37. The highest BCUT2D eigenvalue weighted by atomic mass is 32.2. The number of nitrogens with zero attached hydrogens (tertiary/aromatic N) is 2. The zero-order chi connectivity index (χ0) is 8.48. The molecule has 0 N–H and O–H groups in total. The average Bonchev–Trinajstić information content (AvgIpc) is 2.36. The summed E-state index contributed by atoms with van der Waals surface area (Å²) in [6, 6.07) is 0. The van der Waals surface area contributed by atoms with Crippen molar-refractivity contribution in [3.05, 3.63) is 17.0 Å². The third-order valence-corrected chi connectivity index (χ3v) is 3.56. The van der Waals surface area contributed by atoms with E-state index in [1.54, 1.807) is 6.92 Å². The molecule has 0 atom stereocenters. The Morgan fingerprint density at radius 3 is 2.55 bits per heavy atom. The number of aromatic nitrogens is 2. The van der Waals surface area contributed by atoms with Gasteiger partial charge in [0.1, 0.15) is 5.01 Å². The van der Waals surface area contributed by atoms with Gasteiger partial charge in [-0.1, -0.05) is 17.9 Å². The van der Waals surface area contributed by atoms with E-state index < -0.39 is 9.84 Å². The third-order valence-electron chi connectivity index (χ3n) is 0.970. The molecule has 0 aliphatic rings. The molecule has 0 aliphatic heterocycles. The molecule has 1 rings (SSSR count). The van der Waals surface area contributed by atoms with Crippen LogP contribution >= 0.6 is 11.3 Å². The van der Waals surface area contributed by atoms with Gasteiger partial charge in [0.2, 0.25) is 14.2 Å². The first kappa shape index (κ1) is 8.35. The maximum absolute atomic E-state index is 11.0. The highest BCUT2D eigenvalue weighted by molar-refractivity contribution is 7.96. The van der Waals surface area contributed by atoms with Crippen molar-refractivity contribution in [1.82, 2.24) is 10.2 Å². The molecule has 0 radical (unpaired) electrons. The highest BCUT2D eigenvalue weighted by Crippen LogP contribution is 2.15. The molecule has 0 unspecified atom stereocenters. The predicted molar refractivity (Wildman–Crippen MR) is 42.0 cm³/mol. The Hall–Kier alpha value is -0.750. The second-order valence-corrected chi connectivity index (χ2v) is 5.05. The second-order valence-electron chi connectivity index (χ2n) is 1.80. The van der Waals surface area contributed by atoms with E-state index in [-0.39, 0.29) is 4.34 Å². The third kappa shape index (κ3) is 1.63. The van der Waals surface area contributed by atoms with Crippen molar-refractivity contribution < 1.29 is 8.42 Å². The smallest absolute Gasteiger partial charge is 0.217 e. The van der Waals surface area contributed by atoms with E-state index in [4.69, 9.17) is 0 Å². The largest absolute Gasteiger partial charge is 0.236 e. The standard InChI is InChI=1S/C5H6N2O2S2/c1-3-11(8,9)5-7-6-4(2)10-5/h3H,1H2,2H3. The lowest BCUT2D eigenvalue weighted by Crippen LogP contribution is -1.93. The fourth-order valence-electron chi connectivity index (χ4n) is 0.465. The van der Waals surface area contributed by atoms with Crippen LogP contribution in [0.2, 0.25) is 0 Å². The first-order valence-electron chi connectivity index (χ1n) is 2.74. The minimum absolute atomic E-state index is 0.00463. The summed E-state index contributed by atoms with van der Waals surface area (Å²) in [5.74, 6) is 0. The molecule has 0 saturated carbocycles. The molecule has 1 aromatic rings. The Morgan fingerprint density at radius 1 is 1.55 bits per heavy atom. The number of aryl methyl sites for hydroxylation is 1. The van der Waals surface area contributed by atoms with Gasteiger partial charge in [-0.25, -0.2) is 8.42 Å². The van der Waals surface area contributed by atoms with Crippen LogP contribution in [0, 0.1) is 6.92 Å². The van der Waals surface area contributed by atoms with Crippen LogP contribution in [0.25, 0.3) is 0 Å². The summed E-state index contributed by atoms with van der Waals surface area (Å²) >= 11 is 1.04. The molecule has 0 aromatic carbocycles. The summed E-state index contributed by atoms with van der Waals surface area (Å²) in [6.07, 6.45) is 0. The number of hydrogen-bond donors (Lipinski definition) is 0. The van der Waals surface area contributed by atoms with Crippen molar-refractivity contribution in [3.63, 3.8) is 0 Å². The fourth-order valence-corrected chi connectivity index (χ4v) is 2.21. The topological polar surface area (TPSA) is 59.9 Å². The van der Waals surface area contributed by atoms with Gasteiger partial charge in [0.25, 0.3) is 0 Å². The van der Waals surface area contributed by atoms with Crippen molar-refractivity contribution in [3.8, 4) is 0 Å². The summed E-state index contributed by atoms with van der Waals surface area (Å²) in [5.41, 5.74) is 0. The van der Waals surface area contributed by atoms with E-state index >= 15 is 0 Å². The van der Waals surface area contributed by atoms with E-state index in [2.05, 4.69) is 16.8 Å². The van der Waals surface area contributed by atoms with E-state index in [1.165, 1.54) is 0 Å². The fraction of sp³-hybridized carbons (Fsp3) is 0.200. The minimum Gasteiger partial charge on any atom is -0.217 e. The van der Waals surface area contributed by atoms with Crippen molar-refractivity contribution >= 4 is 21.2 Å². The summed E-state index contributed by atoms with van der Waals surface area (Å²) in [4.78, 5) is 0. The summed E-state index contributed by atoms with van der Waals surface area (Å²) in [5, 5.41) is 8.54. The molecule has 1 aromatic heterocycles. The predicted octanol–water partition coefficient (Wildman–Crippen LogP) is 0.764. The van der Waals surface area contributed by atoms with Crippen LogP contribution < -0.4 is 0 Å². The maximum Gasteiger partial charge on any atom is 0.236 e. The van der Waals surface area contributed by atoms with Crippen LogP contribution in [-0.2, 0) is 9.84 Å². The van der Waals surface area contributed by atoms with Crippen LogP contribution in [0.15, 0.2) is 16.3 Å². The van der Waals surface area contributed by atoms with Gasteiger partial charge in [-0.2, -0.15) is 0 Å². The molecular weight excluding hydrogens is 184 g/mol. The average molecular weight is 190 g/mol. The van der Waals surface area contributed by atoms with Crippen LogP contribution in [-0.4, -0.2) is 18.6 Å². The molecule has 0 fully saturated rings. The summed E-state index contributed by atoms with van der Waals surface area (Å²) < 4.78 is 22.0. The first-order chi connectivity index (χ1) is 5.06. The number of rotatable bonds is 2. The quantitative estimate of drug-likeness (QED) is 0.691. The number of hydrogen-bond acceptors (Lipinski definition) is 5. The molecule has 0 amide bonds. The van der Waals surface area contributed by atoms with Gasteiger partial charge >= 0.3 is 0 Å². The summed E-state index contributed by atoms with van der Waals surface area (Å²) in [7, 11) is -3.37. The zero-order valence-electron chi connectivity index (χ0n) is 5.81. The van der Waals surface area contributed by atoms with E-state index in [1.807, 2.05) is 0 Å². The first-order valence-corrected chi connectivity index (χ1v) is 5.10. The van der Waals surface area contributed by atoms with E-state index in [9.17, 15) is 8.42 Å². The van der Waals surface area contributed by atoms with Gasteiger partial charge in [-0.3, -0.25) is 0 Å². The Morgan fingerprint density at radius 2 is 2.18 bits per heavy atom. The van der Waals surface area contributed by atoms with Gasteiger partial charge in [-0.15, -0.1) is 10.2 Å². The van der Waals surface area contributed by atoms with Gasteiger partial charge in [0, 0.05) is 5.41 Å². The van der Waals surface area contributed by atoms with Gasteiger partial charge in [-0.05, 0) is 6.92 Å². The lowest BCUT2D eigenvalue weighted by molar-refractivity contribution is 0.602. The van der Waals surface area contributed by atoms with Crippen LogP contribution in [0.1, 0.15) is 5.01 Å². The molecule has 0 saturated heterocycles. The molecule has 1 heterocycles. The zero-order valence-corrected chi connectivity index (χ0v) is 7.44. The van der Waals surface area contributed by atoms with Crippen LogP contribution in [0.5, 0.6) is 0 Å². The summed E-state index contributed by atoms with van der Waals surface area (Å²) in [6.45, 7) is 4.86. The second kappa shape index (κ2) is 2.71. The molecule has 0 spiro atoms. The molecule has 11 heavy (non-hydrogen) atoms. The van der Waals surface area contributed by atoms with Crippen molar-refractivity contribution in [2.24, 2.45) is 0 Å². The SMILES string of the molecule is C=CS(=O)(=O)c1nnc(C)s1. The van der Waals surface area contributed by atoms with Gasteiger partial charge in [0.05, 0.1) is 0 Å². The maximum atomic E-state index is 11.0. The Bertz CT molecular complexity index is 366. The van der Waals surface area contributed by atoms with Crippen LogP contribution in [0.4, 0.5) is 0 Å². The van der Waals surface area contributed by atoms with E-state index in [0.29, 0.717) is 5.01 Å². The molecule has 6 heteroatoms. The van der Waals surface area contributed by atoms with E-state index in [0.717, 1.165) is 16.7 Å². The van der Waals surface area contributed by atoms with Gasteiger partial charge in [0.15, 0.2) is 0 Å².